The van der Waals surface area contributed by atoms with E-state index in [9.17, 15) is 19.5 Å². The quantitative estimate of drug-likeness (QED) is 0.256. The molecule has 0 aliphatic carbocycles. The molecule has 2 aliphatic rings. The van der Waals surface area contributed by atoms with Crippen molar-refractivity contribution in [1.29, 1.82) is 0 Å². The average Bonchev–Trinajstić information content (AvgIpc) is 3.63. The van der Waals surface area contributed by atoms with Crippen LogP contribution in [0.5, 0.6) is 0 Å². The number of aromatic nitrogens is 1. The Morgan fingerprint density at radius 1 is 0.905 bits per heavy atom. The second-order valence-corrected chi connectivity index (χ2v) is 11.6. The van der Waals surface area contributed by atoms with Crippen LogP contribution in [0.3, 0.4) is 0 Å². The minimum absolute atomic E-state index is 0.0646. The number of carbonyl (C=O) groups is 3. The zero-order valence-electron chi connectivity index (χ0n) is 23.4. The van der Waals surface area contributed by atoms with Crippen molar-refractivity contribution in [2.24, 2.45) is 0 Å². The largest absolute Gasteiger partial charge is 0.391 e. The van der Waals surface area contributed by atoms with Gasteiger partial charge in [-0.25, -0.2) is 0 Å². The Labute approximate surface area is 249 Å². The highest BCUT2D eigenvalue weighted by Crippen LogP contribution is 2.33. The van der Waals surface area contributed by atoms with Crippen LogP contribution >= 0.6 is 11.6 Å². The van der Waals surface area contributed by atoms with Crippen molar-refractivity contribution in [1.82, 2.24) is 19.7 Å². The van der Waals surface area contributed by atoms with Gasteiger partial charge in [-0.3, -0.25) is 19.3 Å². The summed E-state index contributed by atoms with van der Waals surface area (Å²) in [5.41, 5.74) is 3.46. The number of aliphatic hydroxyl groups excluding tert-OH is 1. The highest BCUT2D eigenvalue weighted by Gasteiger charge is 2.35. The van der Waals surface area contributed by atoms with Crippen LogP contribution in [-0.4, -0.2) is 87.3 Å². The number of benzene rings is 3. The number of β-amino-alcohol motifs (C(OH)–C–C–N with tert-alkyl or cyclic N) is 1. The van der Waals surface area contributed by atoms with E-state index in [0.717, 1.165) is 0 Å². The van der Waals surface area contributed by atoms with Crippen LogP contribution in [0, 0.1) is 0 Å². The second kappa shape index (κ2) is 11.7. The molecule has 2 aliphatic heterocycles. The summed E-state index contributed by atoms with van der Waals surface area (Å²) < 4.78 is 0. The van der Waals surface area contributed by atoms with Gasteiger partial charge in [0.05, 0.1) is 28.3 Å². The predicted octanol–water partition coefficient (Wildman–Crippen LogP) is 4.53. The molecule has 0 radical (unpaired) electrons. The number of likely N-dealkylation sites (tertiary alicyclic amines) is 1. The zero-order valence-corrected chi connectivity index (χ0v) is 24.1. The molecule has 42 heavy (non-hydrogen) atoms. The fourth-order valence-corrected chi connectivity index (χ4v) is 6.49. The summed E-state index contributed by atoms with van der Waals surface area (Å²) in [6.45, 7) is 4.38. The van der Waals surface area contributed by atoms with Gasteiger partial charge in [0.15, 0.2) is 0 Å². The topological polar surface area (TPSA) is 97.0 Å². The molecule has 2 atom stereocenters. The van der Waals surface area contributed by atoms with E-state index in [4.69, 9.17) is 11.6 Å². The lowest BCUT2D eigenvalue weighted by Crippen LogP contribution is -2.54. The maximum Gasteiger partial charge on any atom is 0.295 e. The first kappa shape index (κ1) is 28.2. The van der Waals surface area contributed by atoms with Gasteiger partial charge in [-0.15, -0.1) is 0 Å². The van der Waals surface area contributed by atoms with Crippen molar-refractivity contribution >= 4 is 40.1 Å². The fourth-order valence-electron chi connectivity index (χ4n) is 6.24. The van der Waals surface area contributed by atoms with Gasteiger partial charge in [-0.05, 0) is 36.6 Å². The summed E-state index contributed by atoms with van der Waals surface area (Å²) in [6, 6.07) is 24.0. The van der Waals surface area contributed by atoms with E-state index in [2.05, 4.69) is 58.4 Å². The van der Waals surface area contributed by atoms with E-state index in [1.54, 1.807) is 12.1 Å². The first-order chi connectivity index (χ1) is 20.3. The Morgan fingerprint density at radius 2 is 1.57 bits per heavy atom. The van der Waals surface area contributed by atoms with E-state index in [-0.39, 0.29) is 35.1 Å². The third kappa shape index (κ3) is 5.33. The summed E-state index contributed by atoms with van der Waals surface area (Å²) in [5, 5.41) is 10.6. The number of amides is 2. The minimum atomic E-state index is -0.675. The van der Waals surface area contributed by atoms with Crippen molar-refractivity contribution in [3.63, 3.8) is 0 Å². The van der Waals surface area contributed by atoms with Crippen molar-refractivity contribution in [2.75, 3.05) is 32.7 Å². The number of hydrogen-bond donors (Lipinski definition) is 2. The molecule has 4 aromatic rings. The lowest BCUT2D eigenvalue weighted by atomic mass is 9.95. The molecule has 0 saturated carbocycles. The second-order valence-electron chi connectivity index (χ2n) is 11.2. The summed E-state index contributed by atoms with van der Waals surface area (Å²) in [6.07, 6.45) is 1.31. The van der Waals surface area contributed by atoms with Crippen LogP contribution < -0.4 is 0 Å². The number of aromatic amines is 1. The Morgan fingerprint density at radius 3 is 2.17 bits per heavy atom. The molecule has 9 heteroatoms. The predicted molar refractivity (Wildman–Crippen MR) is 162 cm³/mol. The third-order valence-electron chi connectivity index (χ3n) is 8.40. The molecule has 0 bridgehead atoms. The van der Waals surface area contributed by atoms with Crippen molar-refractivity contribution in [2.45, 2.75) is 31.5 Å². The standard InChI is InChI=1S/C33H33ClN4O4/c1-21-19-36(30(22-8-4-2-5-9-22)23-10-6-3-7-11-23)14-15-38(21)32(41)26-16-25-27(18-35-29(25)17-28(26)34)31(40)33(42)37-13-12-24(39)20-37/h2-11,16-18,21,24,30,35,39H,12-15,19-20H2,1H3. The van der Waals surface area contributed by atoms with E-state index in [1.807, 2.05) is 24.0 Å². The lowest BCUT2D eigenvalue weighted by Gasteiger charge is -2.43. The SMILES string of the molecule is CC1CN(C(c2ccccc2)c2ccccc2)CCN1C(=O)c1cc2c(C(=O)C(=O)N3CCC(O)C3)c[nH]c2cc1Cl. The average molecular weight is 585 g/mol. The molecule has 3 heterocycles. The summed E-state index contributed by atoms with van der Waals surface area (Å²) in [7, 11) is 0. The fraction of sp³-hybridized carbons (Fsp3) is 0.303. The van der Waals surface area contributed by atoms with Gasteiger partial charge in [-0.2, -0.15) is 0 Å². The van der Waals surface area contributed by atoms with Crippen LogP contribution in [0.2, 0.25) is 5.02 Å². The van der Waals surface area contributed by atoms with E-state index < -0.39 is 17.8 Å². The summed E-state index contributed by atoms with van der Waals surface area (Å²) in [4.78, 5) is 48.5. The normalized spacial score (nSPS) is 19.5. The van der Waals surface area contributed by atoms with Crippen LogP contribution in [0.15, 0.2) is 79.0 Å². The smallest absolute Gasteiger partial charge is 0.295 e. The first-order valence-corrected chi connectivity index (χ1v) is 14.7. The van der Waals surface area contributed by atoms with E-state index >= 15 is 0 Å². The molecule has 2 unspecified atom stereocenters. The number of Topliss-reactive ketones (excluding diaryl/α,β-unsaturated/α-hetero) is 1. The van der Waals surface area contributed by atoms with Gasteiger partial charge < -0.3 is 19.9 Å². The number of halogens is 1. The Hall–Kier alpha value is -3.98. The minimum Gasteiger partial charge on any atom is -0.391 e. The number of hydrogen-bond acceptors (Lipinski definition) is 5. The van der Waals surface area contributed by atoms with Gasteiger partial charge in [0, 0.05) is 55.9 Å². The molecule has 2 N–H and O–H groups in total. The monoisotopic (exact) mass is 584 g/mol. The Balaban J connectivity index is 1.24. The molecule has 8 nitrogen and oxygen atoms in total. The van der Waals surface area contributed by atoms with E-state index in [0.29, 0.717) is 49.1 Å². The highest BCUT2D eigenvalue weighted by molar-refractivity contribution is 6.45. The summed E-state index contributed by atoms with van der Waals surface area (Å²) >= 11 is 6.61. The molecule has 2 fully saturated rings. The van der Waals surface area contributed by atoms with Crippen molar-refractivity contribution in [3.8, 4) is 0 Å². The Kier molecular flexibility index (Phi) is 7.86. The number of piperazine rings is 1. The van der Waals surface area contributed by atoms with Crippen LogP contribution in [0.1, 0.15) is 51.2 Å². The number of H-pyrrole nitrogens is 1. The first-order valence-electron chi connectivity index (χ1n) is 14.3. The number of nitrogens with zero attached hydrogens (tertiary/aromatic N) is 3. The third-order valence-corrected chi connectivity index (χ3v) is 8.72. The molecule has 1 aromatic heterocycles. The zero-order chi connectivity index (χ0) is 29.4. The van der Waals surface area contributed by atoms with Crippen LogP contribution in [-0.2, 0) is 4.79 Å². The molecular formula is C33H33ClN4O4. The molecule has 216 valence electrons. The van der Waals surface area contributed by atoms with Crippen molar-refractivity contribution < 1.29 is 19.5 Å². The molecule has 0 spiro atoms. The van der Waals surface area contributed by atoms with Crippen LogP contribution in [0.4, 0.5) is 0 Å². The van der Waals surface area contributed by atoms with Crippen LogP contribution in [0.25, 0.3) is 10.9 Å². The molecule has 2 amide bonds. The van der Waals surface area contributed by atoms with E-state index in [1.165, 1.54) is 22.2 Å². The number of carbonyl (C=O) groups excluding carboxylic acids is 3. The number of rotatable bonds is 6. The van der Waals surface area contributed by atoms with Gasteiger partial charge >= 0.3 is 0 Å². The number of ketones is 1. The molecule has 6 rings (SSSR count). The number of nitrogens with one attached hydrogen (secondary N) is 1. The van der Waals surface area contributed by atoms with Crippen molar-refractivity contribution in [3.05, 3.63) is 106 Å². The summed E-state index contributed by atoms with van der Waals surface area (Å²) in [5.74, 6) is -1.55. The molecule has 3 aromatic carbocycles. The van der Waals surface area contributed by atoms with Gasteiger partial charge in [-0.1, -0.05) is 72.3 Å². The maximum atomic E-state index is 13.9. The Bertz CT molecular complexity index is 1580. The molecule has 2 saturated heterocycles. The van der Waals surface area contributed by atoms with Gasteiger partial charge in [0.1, 0.15) is 0 Å². The number of fused-ring (bicyclic) bond motifs is 1. The van der Waals surface area contributed by atoms with Gasteiger partial charge in [0.25, 0.3) is 17.6 Å². The van der Waals surface area contributed by atoms with Gasteiger partial charge in [0.2, 0.25) is 0 Å². The highest BCUT2D eigenvalue weighted by atomic mass is 35.5. The lowest BCUT2D eigenvalue weighted by molar-refractivity contribution is -0.125. The maximum absolute atomic E-state index is 13.9. The molecular weight excluding hydrogens is 552 g/mol. The number of aliphatic hydroxyl groups is 1.